The number of hydrogen-bond acceptors (Lipinski definition) is 3. The van der Waals surface area contributed by atoms with Gasteiger partial charge in [0.1, 0.15) is 6.04 Å². The van der Waals surface area contributed by atoms with Crippen molar-refractivity contribution in [3.8, 4) is 0 Å². The first-order chi connectivity index (χ1) is 8.93. The molecule has 110 valence electrons. The average molecular weight is 269 g/mol. The largest absolute Gasteiger partial charge is 0.368 e. The van der Waals surface area contributed by atoms with Gasteiger partial charge in [-0.15, -0.1) is 0 Å². The number of primary amides is 1. The molecule has 0 aromatic rings. The number of hydrogen-bond donors (Lipinski definition) is 3. The minimum Gasteiger partial charge on any atom is -0.368 e. The quantitative estimate of drug-likeness (QED) is 0.647. The van der Waals surface area contributed by atoms with Gasteiger partial charge in [0.15, 0.2) is 0 Å². The van der Waals surface area contributed by atoms with Crippen molar-refractivity contribution in [2.45, 2.75) is 58.4 Å². The van der Waals surface area contributed by atoms with E-state index < -0.39 is 17.4 Å². The summed E-state index contributed by atoms with van der Waals surface area (Å²) in [5.74, 6) is -0.597. The van der Waals surface area contributed by atoms with E-state index in [9.17, 15) is 9.59 Å². The van der Waals surface area contributed by atoms with Gasteiger partial charge in [0.25, 0.3) is 0 Å². The van der Waals surface area contributed by atoms with Crippen LogP contribution in [0.3, 0.4) is 0 Å². The van der Waals surface area contributed by atoms with E-state index in [1.54, 1.807) is 0 Å². The highest BCUT2D eigenvalue weighted by Crippen LogP contribution is 2.34. The normalized spacial score (nSPS) is 20.6. The highest BCUT2D eigenvalue weighted by molar-refractivity contribution is 5.89. The number of carbonyl (C=O) groups is 2. The summed E-state index contributed by atoms with van der Waals surface area (Å²) in [7, 11) is 0. The molecule has 5 nitrogen and oxygen atoms in total. The van der Waals surface area contributed by atoms with E-state index in [0.29, 0.717) is 6.54 Å². The topological polar surface area (TPSA) is 98.2 Å². The van der Waals surface area contributed by atoms with Crippen molar-refractivity contribution >= 4 is 11.8 Å². The lowest BCUT2D eigenvalue weighted by Crippen LogP contribution is -2.54. The molecule has 2 amide bonds. The summed E-state index contributed by atoms with van der Waals surface area (Å²) in [5.41, 5.74) is 10.7. The zero-order valence-corrected chi connectivity index (χ0v) is 12.1. The SMILES string of the molecule is CC(C)C(NC(=O)C1(CN)CCCCCC1)C(N)=O. The molecule has 19 heavy (non-hydrogen) atoms. The molecule has 0 aliphatic heterocycles. The molecule has 1 aliphatic carbocycles. The molecule has 5 heteroatoms. The molecule has 1 aliphatic rings. The van der Waals surface area contributed by atoms with Gasteiger partial charge in [-0.2, -0.15) is 0 Å². The van der Waals surface area contributed by atoms with Crippen LogP contribution in [0.15, 0.2) is 0 Å². The van der Waals surface area contributed by atoms with Gasteiger partial charge >= 0.3 is 0 Å². The molecule has 0 saturated heterocycles. The van der Waals surface area contributed by atoms with Gasteiger partial charge in [0, 0.05) is 6.54 Å². The van der Waals surface area contributed by atoms with Crippen LogP contribution in [-0.4, -0.2) is 24.4 Å². The smallest absolute Gasteiger partial charge is 0.240 e. The first kappa shape index (κ1) is 16.0. The van der Waals surface area contributed by atoms with E-state index >= 15 is 0 Å². The van der Waals surface area contributed by atoms with Gasteiger partial charge in [-0.25, -0.2) is 0 Å². The molecule has 5 N–H and O–H groups in total. The van der Waals surface area contributed by atoms with E-state index in [0.717, 1.165) is 38.5 Å². The van der Waals surface area contributed by atoms with Crippen LogP contribution >= 0.6 is 0 Å². The summed E-state index contributed by atoms with van der Waals surface area (Å²) in [6.07, 6.45) is 5.95. The lowest BCUT2D eigenvalue weighted by molar-refractivity contribution is -0.135. The maximum atomic E-state index is 12.5. The Labute approximate surface area is 115 Å². The summed E-state index contributed by atoms with van der Waals surface area (Å²) in [6.45, 7) is 4.08. The minimum absolute atomic E-state index is 0.0120. The average Bonchev–Trinajstić information content (AvgIpc) is 2.61. The van der Waals surface area contributed by atoms with Gasteiger partial charge in [-0.05, 0) is 18.8 Å². The molecule has 1 unspecified atom stereocenters. The fraction of sp³-hybridized carbons (Fsp3) is 0.857. The van der Waals surface area contributed by atoms with E-state index in [4.69, 9.17) is 11.5 Å². The summed E-state index contributed by atoms with van der Waals surface area (Å²) in [4.78, 5) is 23.9. The maximum absolute atomic E-state index is 12.5. The Balaban J connectivity index is 2.79. The van der Waals surface area contributed by atoms with Crippen LogP contribution in [0.5, 0.6) is 0 Å². The van der Waals surface area contributed by atoms with Crippen molar-refractivity contribution in [2.75, 3.05) is 6.54 Å². The molecular formula is C14H27N3O2. The minimum atomic E-state index is -0.612. The number of amides is 2. The van der Waals surface area contributed by atoms with Crippen LogP contribution in [0.1, 0.15) is 52.4 Å². The zero-order valence-electron chi connectivity index (χ0n) is 12.1. The fourth-order valence-corrected chi connectivity index (χ4v) is 2.79. The van der Waals surface area contributed by atoms with Crippen molar-refractivity contribution in [3.63, 3.8) is 0 Å². The number of nitrogens with two attached hydrogens (primary N) is 2. The standard InChI is InChI=1S/C14H27N3O2/c1-10(2)11(12(16)18)17-13(19)14(9-15)7-5-3-4-6-8-14/h10-11H,3-9,15H2,1-2H3,(H2,16,18)(H,17,19). The molecule has 1 saturated carbocycles. The van der Waals surface area contributed by atoms with Crippen LogP contribution in [0.2, 0.25) is 0 Å². The fourth-order valence-electron chi connectivity index (χ4n) is 2.79. The number of nitrogens with one attached hydrogen (secondary N) is 1. The van der Waals surface area contributed by atoms with Crippen molar-refractivity contribution in [1.82, 2.24) is 5.32 Å². The van der Waals surface area contributed by atoms with E-state index in [1.807, 2.05) is 13.8 Å². The molecule has 0 heterocycles. The van der Waals surface area contributed by atoms with Gasteiger partial charge in [-0.3, -0.25) is 9.59 Å². The summed E-state index contributed by atoms with van der Waals surface area (Å²) in [5, 5.41) is 2.81. The lowest BCUT2D eigenvalue weighted by atomic mass is 9.79. The highest BCUT2D eigenvalue weighted by atomic mass is 16.2. The Bertz CT molecular complexity index is 321. The van der Waals surface area contributed by atoms with E-state index in [-0.39, 0.29) is 11.8 Å². The third-order valence-corrected chi connectivity index (χ3v) is 4.19. The van der Waals surface area contributed by atoms with E-state index in [1.165, 1.54) is 0 Å². The lowest BCUT2D eigenvalue weighted by Gasteiger charge is -2.32. The first-order valence-electron chi connectivity index (χ1n) is 7.23. The molecule has 0 radical (unpaired) electrons. The monoisotopic (exact) mass is 269 g/mol. The van der Waals surface area contributed by atoms with Gasteiger partial charge in [0.05, 0.1) is 5.41 Å². The van der Waals surface area contributed by atoms with Crippen LogP contribution in [-0.2, 0) is 9.59 Å². The van der Waals surface area contributed by atoms with Crippen LogP contribution in [0.25, 0.3) is 0 Å². The first-order valence-corrected chi connectivity index (χ1v) is 7.23. The Morgan fingerprint density at radius 1 is 1.16 bits per heavy atom. The van der Waals surface area contributed by atoms with Crippen molar-refractivity contribution in [2.24, 2.45) is 22.8 Å². The van der Waals surface area contributed by atoms with Crippen LogP contribution in [0, 0.1) is 11.3 Å². The third-order valence-electron chi connectivity index (χ3n) is 4.19. The predicted octanol–water partition coefficient (Wildman–Crippen LogP) is 0.912. The maximum Gasteiger partial charge on any atom is 0.240 e. The number of carbonyl (C=O) groups excluding carboxylic acids is 2. The Morgan fingerprint density at radius 2 is 1.68 bits per heavy atom. The zero-order chi connectivity index (χ0) is 14.5. The molecule has 0 spiro atoms. The molecule has 0 aromatic heterocycles. The van der Waals surface area contributed by atoms with Gasteiger partial charge in [0.2, 0.25) is 11.8 Å². The van der Waals surface area contributed by atoms with Crippen LogP contribution < -0.4 is 16.8 Å². The predicted molar refractivity (Wildman–Crippen MR) is 75.2 cm³/mol. The van der Waals surface area contributed by atoms with Crippen molar-refractivity contribution < 1.29 is 9.59 Å². The summed E-state index contributed by atoms with van der Waals surface area (Å²) < 4.78 is 0. The van der Waals surface area contributed by atoms with Gasteiger partial charge < -0.3 is 16.8 Å². The number of rotatable bonds is 5. The molecule has 0 bridgehead atoms. The third kappa shape index (κ3) is 3.93. The second kappa shape index (κ2) is 6.89. The molecule has 0 aromatic carbocycles. The van der Waals surface area contributed by atoms with E-state index in [2.05, 4.69) is 5.32 Å². The Hall–Kier alpha value is -1.10. The van der Waals surface area contributed by atoms with Gasteiger partial charge in [-0.1, -0.05) is 39.5 Å². The molecule has 1 rings (SSSR count). The molecular weight excluding hydrogens is 242 g/mol. The molecule has 1 atom stereocenters. The Kier molecular flexibility index (Phi) is 5.79. The second-order valence-corrected chi connectivity index (χ2v) is 6.00. The Morgan fingerprint density at radius 3 is 2.05 bits per heavy atom. The van der Waals surface area contributed by atoms with Crippen molar-refractivity contribution in [1.29, 1.82) is 0 Å². The molecule has 1 fully saturated rings. The van der Waals surface area contributed by atoms with Crippen molar-refractivity contribution in [3.05, 3.63) is 0 Å². The highest BCUT2D eigenvalue weighted by Gasteiger charge is 2.39. The summed E-state index contributed by atoms with van der Waals surface area (Å²) in [6, 6.07) is -0.612. The second-order valence-electron chi connectivity index (χ2n) is 6.00. The summed E-state index contributed by atoms with van der Waals surface area (Å²) >= 11 is 0. The van der Waals surface area contributed by atoms with Crippen LogP contribution in [0.4, 0.5) is 0 Å².